The molecule has 1 aliphatic carbocycles. The maximum atomic E-state index is 12.8. The molecule has 1 N–H and O–H groups in total. The normalized spacial score (nSPS) is 19.4. The molecule has 0 spiro atoms. The highest BCUT2D eigenvalue weighted by Crippen LogP contribution is 2.42. The molecule has 4 rings (SSSR count). The average Bonchev–Trinajstić information content (AvgIpc) is 2.80. The first-order valence-electron chi connectivity index (χ1n) is 6.62. The summed E-state index contributed by atoms with van der Waals surface area (Å²) >= 11 is 8.60. The van der Waals surface area contributed by atoms with Gasteiger partial charge in [-0.2, -0.15) is 0 Å². The number of carbonyl (C=O) groups is 1. The molecular formula is C16H9BrN2O2S. The van der Waals surface area contributed by atoms with Crippen molar-refractivity contribution in [1.29, 1.82) is 0 Å². The molecule has 0 saturated heterocycles. The molecule has 2 heterocycles. The lowest BCUT2D eigenvalue weighted by atomic mass is 9.96. The highest BCUT2D eigenvalue weighted by molar-refractivity contribution is 9.10. The minimum absolute atomic E-state index is 0.0365. The molecular weight excluding hydrogens is 364 g/mol. The Morgan fingerprint density at radius 3 is 2.77 bits per heavy atom. The van der Waals surface area contributed by atoms with E-state index >= 15 is 0 Å². The van der Waals surface area contributed by atoms with E-state index in [2.05, 4.69) is 26.2 Å². The Labute approximate surface area is 140 Å². The Morgan fingerprint density at radius 2 is 2.00 bits per heavy atom. The fraction of sp³-hybridized carbons (Fsp3) is 0.0625. The number of rotatable bonds is 1. The highest BCUT2D eigenvalue weighted by Gasteiger charge is 2.40. The van der Waals surface area contributed by atoms with Crippen LogP contribution in [0.3, 0.4) is 0 Å². The van der Waals surface area contributed by atoms with Gasteiger partial charge < -0.3 is 10.1 Å². The predicted molar refractivity (Wildman–Crippen MR) is 89.2 cm³/mol. The van der Waals surface area contributed by atoms with Crippen LogP contribution in [0.15, 0.2) is 52.8 Å². The molecule has 6 heteroatoms. The van der Waals surface area contributed by atoms with Gasteiger partial charge in [0.1, 0.15) is 5.76 Å². The number of thiocarbonyl (C=S) groups is 1. The number of nitrogens with zero attached hydrogens (tertiary/aromatic N) is 1. The summed E-state index contributed by atoms with van der Waals surface area (Å²) in [6, 6.07) is 8.96. The van der Waals surface area contributed by atoms with Crippen LogP contribution in [0.1, 0.15) is 27.5 Å². The summed E-state index contributed by atoms with van der Waals surface area (Å²) in [7, 11) is 0. The summed E-state index contributed by atoms with van der Waals surface area (Å²) < 4.78 is 6.48. The van der Waals surface area contributed by atoms with Crippen molar-refractivity contribution in [3.63, 3.8) is 0 Å². The Kier molecular flexibility index (Phi) is 3.09. The Balaban J connectivity index is 1.90. The fourth-order valence-electron chi connectivity index (χ4n) is 2.79. The van der Waals surface area contributed by atoms with E-state index in [1.54, 1.807) is 18.5 Å². The first-order chi connectivity index (χ1) is 10.6. The van der Waals surface area contributed by atoms with Crippen LogP contribution in [0.25, 0.3) is 5.76 Å². The number of Topliss-reactive ketones (excluding diaryl/α,β-unsaturated/α-hetero) is 1. The summed E-state index contributed by atoms with van der Waals surface area (Å²) in [4.78, 5) is 16.9. The lowest BCUT2D eigenvalue weighted by Crippen LogP contribution is -2.35. The zero-order valence-electron chi connectivity index (χ0n) is 11.2. The summed E-state index contributed by atoms with van der Waals surface area (Å²) in [5.74, 6) is 0.514. The molecule has 1 atom stereocenters. The second-order valence-electron chi connectivity index (χ2n) is 5.02. The highest BCUT2D eigenvalue weighted by atomic mass is 79.9. The molecule has 1 unspecified atom stereocenters. The molecule has 0 amide bonds. The van der Waals surface area contributed by atoms with Crippen LogP contribution in [0.5, 0.6) is 0 Å². The number of ketones is 1. The third kappa shape index (κ3) is 1.99. The minimum atomic E-state index is -0.360. The molecule has 108 valence electrons. The predicted octanol–water partition coefficient (Wildman–Crippen LogP) is 3.40. The van der Waals surface area contributed by atoms with Gasteiger partial charge in [-0.05, 0) is 39.8 Å². The standard InChI is InChI=1S/C16H9BrN2O2S/c17-9-5-8(6-18-7-9)13-12-14(20)10-3-1-2-4-11(10)15(12)21-16(22)19-13/h1-7,13H,(H,19,22). The fourth-order valence-corrected chi connectivity index (χ4v) is 3.38. The van der Waals surface area contributed by atoms with Crippen molar-refractivity contribution in [3.8, 4) is 0 Å². The lowest BCUT2D eigenvalue weighted by molar-refractivity contribution is 0.102. The molecule has 22 heavy (non-hydrogen) atoms. The summed E-state index contributed by atoms with van der Waals surface area (Å²) in [5, 5.41) is 3.32. The first-order valence-corrected chi connectivity index (χ1v) is 7.82. The number of halogens is 1. The van der Waals surface area contributed by atoms with Crippen molar-refractivity contribution in [2.45, 2.75) is 6.04 Å². The van der Waals surface area contributed by atoms with Crippen molar-refractivity contribution >= 4 is 44.9 Å². The molecule has 0 radical (unpaired) electrons. The van der Waals surface area contributed by atoms with Gasteiger partial charge in [-0.25, -0.2) is 0 Å². The van der Waals surface area contributed by atoms with E-state index in [9.17, 15) is 4.79 Å². The number of hydrogen-bond donors (Lipinski definition) is 1. The van der Waals surface area contributed by atoms with Gasteiger partial charge >= 0.3 is 0 Å². The van der Waals surface area contributed by atoms with E-state index in [0.29, 0.717) is 16.9 Å². The van der Waals surface area contributed by atoms with Gasteiger partial charge in [0.25, 0.3) is 5.17 Å². The van der Waals surface area contributed by atoms with Crippen LogP contribution >= 0.6 is 28.1 Å². The van der Waals surface area contributed by atoms with E-state index in [0.717, 1.165) is 15.6 Å². The minimum Gasteiger partial charge on any atom is -0.431 e. The van der Waals surface area contributed by atoms with Gasteiger partial charge in [-0.1, -0.05) is 24.3 Å². The van der Waals surface area contributed by atoms with E-state index in [1.165, 1.54) is 0 Å². The molecule has 1 aliphatic heterocycles. The van der Waals surface area contributed by atoms with Crippen LogP contribution < -0.4 is 5.32 Å². The molecule has 4 nitrogen and oxygen atoms in total. The number of ether oxygens (including phenoxy) is 1. The van der Waals surface area contributed by atoms with Gasteiger partial charge in [-0.15, -0.1) is 0 Å². The van der Waals surface area contributed by atoms with Crippen LogP contribution in [-0.2, 0) is 4.74 Å². The third-order valence-electron chi connectivity index (χ3n) is 3.71. The van der Waals surface area contributed by atoms with Gasteiger partial charge in [0.15, 0.2) is 5.78 Å². The van der Waals surface area contributed by atoms with Gasteiger partial charge in [0.05, 0.1) is 11.6 Å². The molecule has 0 bridgehead atoms. The number of carbonyl (C=O) groups excluding carboxylic acids is 1. The average molecular weight is 373 g/mol. The largest absolute Gasteiger partial charge is 0.431 e. The Hall–Kier alpha value is -2.05. The number of aromatic nitrogens is 1. The number of fused-ring (bicyclic) bond motifs is 2. The quantitative estimate of drug-likeness (QED) is 0.777. The van der Waals surface area contributed by atoms with Crippen LogP contribution in [0.2, 0.25) is 0 Å². The zero-order valence-corrected chi connectivity index (χ0v) is 13.6. The van der Waals surface area contributed by atoms with Gasteiger partial charge in [0, 0.05) is 28.0 Å². The number of benzene rings is 1. The smallest absolute Gasteiger partial charge is 0.262 e. The summed E-state index contributed by atoms with van der Waals surface area (Å²) in [5.41, 5.74) is 2.87. The van der Waals surface area contributed by atoms with Crippen molar-refractivity contribution in [3.05, 3.63) is 69.5 Å². The topological polar surface area (TPSA) is 51.2 Å². The van der Waals surface area contributed by atoms with Crippen molar-refractivity contribution in [2.75, 3.05) is 0 Å². The maximum absolute atomic E-state index is 12.8. The molecule has 0 saturated carbocycles. The summed E-state index contributed by atoms with van der Waals surface area (Å²) in [6.07, 6.45) is 3.42. The van der Waals surface area contributed by atoms with Crippen molar-refractivity contribution < 1.29 is 9.53 Å². The van der Waals surface area contributed by atoms with Gasteiger partial charge in [0.2, 0.25) is 0 Å². The molecule has 2 aliphatic rings. The summed E-state index contributed by atoms with van der Waals surface area (Å²) in [6.45, 7) is 0. The van der Waals surface area contributed by atoms with E-state index in [4.69, 9.17) is 17.0 Å². The van der Waals surface area contributed by atoms with E-state index < -0.39 is 0 Å². The number of hydrogen-bond acceptors (Lipinski definition) is 4. The number of nitrogens with one attached hydrogen (secondary N) is 1. The van der Waals surface area contributed by atoms with Gasteiger partial charge in [-0.3, -0.25) is 9.78 Å². The second-order valence-corrected chi connectivity index (χ2v) is 6.31. The maximum Gasteiger partial charge on any atom is 0.262 e. The van der Waals surface area contributed by atoms with Crippen LogP contribution in [-0.4, -0.2) is 15.9 Å². The Morgan fingerprint density at radius 1 is 1.23 bits per heavy atom. The monoisotopic (exact) mass is 372 g/mol. The Bertz CT molecular complexity index is 863. The molecule has 1 aromatic heterocycles. The SMILES string of the molecule is O=C1C2=C(OC(=S)NC2c2cncc(Br)c2)c2ccccc21. The lowest BCUT2D eigenvalue weighted by Gasteiger charge is -2.27. The third-order valence-corrected chi connectivity index (χ3v) is 4.35. The molecule has 0 fully saturated rings. The van der Waals surface area contributed by atoms with E-state index in [-0.39, 0.29) is 17.0 Å². The molecule has 2 aromatic rings. The van der Waals surface area contributed by atoms with E-state index in [1.807, 2.05) is 24.3 Å². The van der Waals surface area contributed by atoms with Crippen LogP contribution in [0.4, 0.5) is 0 Å². The molecule has 1 aromatic carbocycles. The number of pyridine rings is 1. The van der Waals surface area contributed by atoms with Crippen molar-refractivity contribution in [2.24, 2.45) is 0 Å². The zero-order chi connectivity index (χ0) is 15.3. The van der Waals surface area contributed by atoms with Crippen LogP contribution in [0, 0.1) is 0 Å². The van der Waals surface area contributed by atoms with Crippen molar-refractivity contribution in [1.82, 2.24) is 10.3 Å². The second kappa shape index (κ2) is 5.00. The first kappa shape index (κ1) is 13.6.